The minimum absolute atomic E-state index is 0.00852. The highest BCUT2D eigenvalue weighted by molar-refractivity contribution is 7.99. The second-order valence-electron chi connectivity index (χ2n) is 3.61. The Bertz CT molecular complexity index is 481. The number of rotatable bonds is 1. The minimum Gasteiger partial charge on any atom is -0.376 e. The van der Waals surface area contributed by atoms with Crippen molar-refractivity contribution >= 4 is 23.1 Å². The monoisotopic (exact) mass is 229 g/mol. The fourth-order valence-corrected chi connectivity index (χ4v) is 3.03. The van der Waals surface area contributed by atoms with E-state index >= 15 is 0 Å². The fraction of sp³-hybridized carbons (Fsp3) is 0.0769. The lowest BCUT2D eigenvalue weighted by Gasteiger charge is -2.30. The van der Waals surface area contributed by atoms with Crippen molar-refractivity contribution in [2.24, 2.45) is 0 Å². The molecule has 0 aromatic heterocycles. The van der Waals surface area contributed by atoms with Gasteiger partial charge in [-0.3, -0.25) is 0 Å². The fourth-order valence-electron chi connectivity index (χ4n) is 1.93. The summed E-state index contributed by atoms with van der Waals surface area (Å²) in [7, 11) is 0. The maximum Gasteiger partial charge on any atom is 0.120 e. The van der Waals surface area contributed by atoms with Crippen LogP contribution < -0.4 is 4.90 Å². The molecule has 2 aromatic carbocycles. The van der Waals surface area contributed by atoms with E-state index in [0.717, 1.165) is 11.4 Å². The quantitative estimate of drug-likeness (QED) is 0.812. The summed E-state index contributed by atoms with van der Waals surface area (Å²) in [5, 5.41) is 9.50. The van der Waals surface area contributed by atoms with Gasteiger partial charge in [0.1, 0.15) is 6.73 Å². The molecule has 1 aliphatic heterocycles. The molecule has 0 atom stereocenters. The predicted molar refractivity (Wildman–Crippen MR) is 66.2 cm³/mol. The molecular formula is C13H11NOS. The normalized spacial score (nSPS) is 13.2. The van der Waals surface area contributed by atoms with Crippen LogP contribution >= 0.6 is 11.8 Å². The molecule has 0 amide bonds. The molecule has 2 aromatic rings. The van der Waals surface area contributed by atoms with E-state index in [1.807, 2.05) is 41.3 Å². The molecule has 0 saturated carbocycles. The zero-order valence-corrected chi connectivity index (χ0v) is 9.45. The Morgan fingerprint density at radius 2 is 1.38 bits per heavy atom. The van der Waals surface area contributed by atoms with Gasteiger partial charge in [-0.15, -0.1) is 0 Å². The molecule has 16 heavy (non-hydrogen) atoms. The van der Waals surface area contributed by atoms with Crippen LogP contribution in [0.5, 0.6) is 0 Å². The van der Waals surface area contributed by atoms with E-state index in [-0.39, 0.29) is 6.73 Å². The first-order chi connectivity index (χ1) is 7.90. The second kappa shape index (κ2) is 3.85. The van der Waals surface area contributed by atoms with Crippen molar-refractivity contribution in [1.29, 1.82) is 0 Å². The van der Waals surface area contributed by atoms with E-state index in [0.29, 0.717) is 0 Å². The maximum absolute atomic E-state index is 9.50. The zero-order valence-electron chi connectivity index (χ0n) is 8.63. The van der Waals surface area contributed by atoms with Gasteiger partial charge in [-0.25, -0.2) is 0 Å². The van der Waals surface area contributed by atoms with Crippen LogP contribution in [0, 0.1) is 0 Å². The molecule has 0 unspecified atom stereocenters. The Kier molecular flexibility index (Phi) is 2.35. The largest absolute Gasteiger partial charge is 0.376 e. The summed E-state index contributed by atoms with van der Waals surface area (Å²) in [6.07, 6.45) is 0. The van der Waals surface area contributed by atoms with Crippen molar-refractivity contribution in [3.05, 3.63) is 48.5 Å². The molecular weight excluding hydrogens is 218 g/mol. The number of para-hydroxylation sites is 2. The van der Waals surface area contributed by atoms with Crippen LogP contribution in [0.4, 0.5) is 11.4 Å². The maximum atomic E-state index is 9.50. The number of aliphatic hydroxyl groups excluding tert-OH is 1. The highest BCUT2D eigenvalue weighted by Gasteiger charge is 2.21. The summed E-state index contributed by atoms with van der Waals surface area (Å²) >= 11 is 1.75. The summed E-state index contributed by atoms with van der Waals surface area (Å²) < 4.78 is 0. The van der Waals surface area contributed by atoms with Gasteiger partial charge in [0.2, 0.25) is 0 Å². The van der Waals surface area contributed by atoms with E-state index in [2.05, 4.69) is 12.1 Å². The Balaban J connectivity index is 2.19. The van der Waals surface area contributed by atoms with E-state index in [1.54, 1.807) is 11.8 Å². The van der Waals surface area contributed by atoms with Gasteiger partial charge in [-0.1, -0.05) is 36.0 Å². The Labute approximate surface area is 98.5 Å². The molecule has 0 radical (unpaired) electrons. The SMILES string of the molecule is OCN1c2ccccc2Sc2ccccc21. The summed E-state index contributed by atoms with van der Waals surface area (Å²) in [6, 6.07) is 16.3. The van der Waals surface area contributed by atoms with Crippen LogP contribution in [-0.4, -0.2) is 11.8 Å². The molecule has 0 fully saturated rings. The van der Waals surface area contributed by atoms with Gasteiger partial charge >= 0.3 is 0 Å². The predicted octanol–water partition coefficient (Wildman–Crippen LogP) is 3.24. The lowest BCUT2D eigenvalue weighted by atomic mass is 10.2. The lowest BCUT2D eigenvalue weighted by molar-refractivity contribution is 0.303. The third-order valence-electron chi connectivity index (χ3n) is 2.67. The molecule has 1 aliphatic rings. The van der Waals surface area contributed by atoms with Crippen molar-refractivity contribution < 1.29 is 5.11 Å². The number of anilines is 2. The molecule has 0 saturated heterocycles. The first kappa shape index (κ1) is 9.75. The topological polar surface area (TPSA) is 23.5 Å². The molecule has 2 nitrogen and oxygen atoms in total. The average Bonchev–Trinajstić information content (AvgIpc) is 2.36. The van der Waals surface area contributed by atoms with Crippen LogP contribution in [0.1, 0.15) is 0 Å². The van der Waals surface area contributed by atoms with Gasteiger partial charge in [-0.05, 0) is 24.3 Å². The number of nitrogens with zero attached hydrogens (tertiary/aromatic N) is 1. The highest BCUT2D eigenvalue weighted by Crippen LogP contribution is 2.47. The molecule has 0 aliphatic carbocycles. The third-order valence-corrected chi connectivity index (χ3v) is 3.80. The summed E-state index contributed by atoms with van der Waals surface area (Å²) in [6.45, 7) is 0.00852. The molecule has 1 N–H and O–H groups in total. The first-order valence-electron chi connectivity index (χ1n) is 5.14. The summed E-state index contributed by atoms with van der Waals surface area (Å²) in [4.78, 5) is 4.31. The first-order valence-corrected chi connectivity index (χ1v) is 5.96. The number of hydrogen-bond acceptors (Lipinski definition) is 3. The van der Waals surface area contributed by atoms with Crippen LogP contribution in [0.15, 0.2) is 58.3 Å². The van der Waals surface area contributed by atoms with Gasteiger partial charge < -0.3 is 10.0 Å². The highest BCUT2D eigenvalue weighted by atomic mass is 32.2. The summed E-state index contributed by atoms with van der Waals surface area (Å²) in [5.41, 5.74) is 2.16. The van der Waals surface area contributed by atoms with Gasteiger partial charge in [-0.2, -0.15) is 0 Å². The minimum atomic E-state index is 0.00852. The van der Waals surface area contributed by atoms with E-state index in [9.17, 15) is 5.11 Å². The van der Waals surface area contributed by atoms with Gasteiger partial charge in [0.05, 0.1) is 11.4 Å². The molecule has 1 heterocycles. The molecule has 0 bridgehead atoms. The van der Waals surface area contributed by atoms with Crippen molar-refractivity contribution in [3.63, 3.8) is 0 Å². The van der Waals surface area contributed by atoms with Crippen molar-refractivity contribution in [1.82, 2.24) is 0 Å². The van der Waals surface area contributed by atoms with Crippen molar-refractivity contribution in [3.8, 4) is 0 Å². The molecule has 3 rings (SSSR count). The second-order valence-corrected chi connectivity index (χ2v) is 4.69. The Morgan fingerprint density at radius 1 is 0.875 bits per heavy atom. The number of aliphatic hydroxyl groups is 1. The van der Waals surface area contributed by atoms with Gasteiger partial charge in [0.15, 0.2) is 0 Å². The molecule has 0 spiro atoms. The van der Waals surface area contributed by atoms with Gasteiger partial charge in [0.25, 0.3) is 0 Å². The van der Waals surface area contributed by atoms with E-state index in [1.165, 1.54) is 9.79 Å². The standard InChI is InChI=1S/C13H11NOS/c15-9-14-10-5-1-3-7-12(10)16-13-8-4-2-6-11(13)14/h1-8,15H,9H2. The number of benzene rings is 2. The van der Waals surface area contributed by atoms with E-state index in [4.69, 9.17) is 0 Å². The molecule has 3 heteroatoms. The lowest BCUT2D eigenvalue weighted by Crippen LogP contribution is -2.21. The van der Waals surface area contributed by atoms with Crippen molar-refractivity contribution in [2.45, 2.75) is 9.79 Å². The van der Waals surface area contributed by atoms with Crippen LogP contribution in [0.3, 0.4) is 0 Å². The number of fused-ring (bicyclic) bond motifs is 2. The molecule has 80 valence electrons. The third kappa shape index (κ3) is 1.40. The Hall–Kier alpha value is -1.45. The van der Waals surface area contributed by atoms with Gasteiger partial charge in [0, 0.05) is 9.79 Å². The zero-order chi connectivity index (χ0) is 11.0. The average molecular weight is 229 g/mol. The van der Waals surface area contributed by atoms with Crippen LogP contribution in [0.25, 0.3) is 0 Å². The summed E-state index contributed by atoms with van der Waals surface area (Å²) in [5.74, 6) is 0. The van der Waals surface area contributed by atoms with Crippen molar-refractivity contribution in [2.75, 3.05) is 11.6 Å². The number of hydrogen-bond donors (Lipinski definition) is 1. The van der Waals surface area contributed by atoms with Crippen LogP contribution in [-0.2, 0) is 0 Å². The van der Waals surface area contributed by atoms with E-state index < -0.39 is 0 Å². The smallest absolute Gasteiger partial charge is 0.120 e. The Morgan fingerprint density at radius 3 is 1.88 bits per heavy atom. The van der Waals surface area contributed by atoms with Crippen LogP contribution in [0.2, 0.25) is 0 Å².